The van der Waals surface area contributed by atoms with E-state index in [2.05, 4.69) is 56.9 Å². The van der Waals surface area contributed by atoms with Gasteiger partial charge in [-0.2, -0.15) is 28.6 Å². The number of halogens is 7. The number of anilines is 2. The van der Waals surface area contributed by atoms with Crippen molar-refractivity contribution in [2.45, 2.75) is 81.5 Å². The van der Waals surface area contributed by atoms with Crippen molar-refractivity contribution in [3.05, 3.63) is 137 Å². The van der Waals surface area contributed by atoms with E-state index in [0.717, 1.165) is 30.3 Å². The zero-order valence-corrected chi connectivity index (χ0v) is 45.6. The van der Waals surface area contributed by atoms with Gasteiger partial charge in [0.15, 0.2) is 22.7 Å². The number of benzene rings is 5. The summed E-state index contributed by atoms with van der Waals surface area (Å²) in [5.41, 5.74) is -7.32. The van der Waals surface area contributed by atoms with Crippen molar-refractivity contribution < 1.29 is 45.4 Å². The highest BCUT2D eigenvalue weighted by Gasteiger charge is 2.71. The van der Waals surface area contributed by atoms with E-state index < -0.39 is 75.3 Å². The maximum Gasteiger partial charge on any atom is 0.418 e. The Labute approximate surface area is 478 Å². The standard InChI is InChI=1S/C58H50ClF6N15O4/c1-83-48-26-23-37(53(70-48)84-2)52-67-45-29-39(60)40(61)30-47(45)80(52)57(35-13-7-4-8-14-35,55(82)69-43-25-20-33(28-41(43)62)50-73-77-78-74-50)56(34-11-5-3-6-12-34,79-46-16-10-9-15-44(46)66-51(79)31-17-21-36(59)22-18-31)54(81)68-42-24-19-32(49-71-75-76-72-49)27-38(42)58(63,64)65/h9-10,15-30,34-35H,3-8,11-14H2,1-2H3,(H,68,81)(H,69,82)(H,71,72,75,76)(H,73,74,77,78). The Morgan fingerprint density at radius 3 is 1.73 bits per heavy atom. The smallest absolute Gasteiger partial charge is 0.418 e. The first-order valence-electron chi connectivity index (χ1n) is 27.0. The van der Waals surface area contributed by atoms with Gasteiger partial charge in [0.25, 0.3) is 11.8 Å². The van der Waals surface area contributed by atoms with E-state index in [9.17, 15) is 0 Å². The Morgan fingerprint density at radius 2 is 1.14 bits per heavy atom. The lowest BCUT2D eigenvalue weighted by atomic mass is 9.55. The molecule has 84 heavy (non-hydrogen) atoms. The fourth-order valence-electron chi connectivity index (χ4n) is 12.7. The molecule has 19 nitrogen and oxygen atoms in total. The van der Waals surface area contributed by atoms with Crippen LogP contribution in [0.5, 0.6) is 11.8 Å². The number of carbonyl (C=O) groups excluding carboxylic acids is 2. The molecule has 430 valence electrons. The molecule has 0 spiro atoms. The fraction of sp³-hybridized carbons (Fsp3) is 0.293. The first kappa shape index (κ1) is 55.3. The van der Waals surface area contributed by atoms with Crippen LogP contribution in [0.4, 0.5) is 37.7 Å². The van der Waals surface area contributed by atoms with Crippen LogP contribution in [-0.2, 0) is 26.8 Å². The lowest BCUT2D eigenvalue weighted by molar-refractivity contribution is -0.155. The number of aromatic amines is 2. The second kappa shape index (κ2) is 22.1. The number of ether oxygens (including phenoxy) is 2. The maximum atomic E-state index is 17.9. The molecule has 2 aliphatic carbocycles. The topological polar surface area (TPSA) is 234 Å². The molecule has 2 saturated carbocycles. The molecule has 5 aromatic carbocycles. The van der Waals surface area contributed by atoms with Gasteiger partial charge in [0.2, 0.25) is 23.4 Å². The maximum absolute atomic E-state index is 17.9. The second-order valence-corrected chi connectivity index (χ2v) is 21.2. The molecule has 10 aromatic rings. The minimum absolute atomic E-state index is 0.0208. The van der Waals surface area contributed by atoms with E-state index in [-0.39, 0.29) is 94.0 Å². The van der Waals surface area contributed by atoms with Crippen molar-refractivity contribution in [2.75, 3.05) is 24.9 Å². The number of imidazole rings is 2. The summed E-state index contributed by atoms with van der Waals surface area (Å²) in [6.07, 6.45) is -1.57. The minimum Gasteiger partial charge on any atom is -0.481 e. The van der Waals surface area contributed by atoms with E-state index >= 15 is 35.9 Å². The predicted molar refractivity (Wildman–Crippen MR) is 297 cm³/mol. The summed E-state index contributed by atoms with van der Waals surface area (Å²) in [5.74, 6) is -8.53. The Hall–Kier alpha value is -9.26. The molecule has 0 saturated heterocycles. The van der Waals surface area contributed by atoms with Gasteiger partial charge in [-0.3, -0.25) is 9.59 Å². The van der Waals surface area contributed by atoms with Crippen LogP contribution in [0.25, 0.3) is 67.6 Å². The first-order valence-corrected chi connectivity index (χ1v) is 27.4. The molecule has 0 aliphatic heterocycles. The number of H-pyrrole nitrogens is 2. The molecule has 2 atom stereocenters. The lowest BCUT2D eigenvalue weighted by Crippen LogP contribution is -2.73. The van der Waals surface area contributed by atoms with Gasteiger partial charge in [-0.1, -0.05) is 62.3 Å². The molecule has 12 rings (SSSR count). The lowest BCUT2D eigenvalue weighted by Gasteiger charge is -2.58. The third-order valence-corrected chi connectivity index (χ3v) is 16.5. The Balaban J connectivity index is 1.30. The summed E-state index contributed by atoms with van der Waals surface area (Å²) >= 11 is 6.59. The van der Waals surface area contributed by atoms with Crippen LogP contribution in [0.3, 0.4) is 0 Å². The highest BCUT2D eigenvalue weighted by Crippen LogP contribution is 2.60. The van der Waals surface area contributed by atoms with Crippen LogP contribution < -0.4 is 20.1 Å². The minimum atomic E-state index is -5.16. The third kappa shape index (κ3) is 9.38. The number of amides is 2. The highest BCUT2D eigenvalue weighted by molar-refractivity contribution is 6.30. The van der Waals surface area contributed by atoms with Gasteiger partial charge in [0, 0.05) is 39.9 Å². The quantitative estimate of drug-likeness (QED) is 0.0700. The summed E-state index contributed by atoms with van der Waals surface area (Å²) in [6, 6.07) is 25.0. The van der Waals surface area contributed by atoms with E-state index in [1.807, 2.05) is 0 Å². The number of hydrogen-bond acceptors (Lipinski definition) is 13. The molecule has 0 radical (unpaired) electrons. The predicted octanol–water partition coefficient (Wildman–Crippen LogP) is 12.1. The van der Waals surface area contributed by atoms with Gasteiger partial charge in [0.05, 0.1) is 58.8 Å². The number of nitrogens with zero attached hydrogens (tertiary/aromatic N) is 11. The van der Waals surface area contributed by atoms with Crippen LogP contribution in [0, 0.1) is 29.3 Å². The average molecular weight is 1170 g/mol. The number of methoxy groups -OCH3 is 2. The number of aromatic nitrogens is 13. The van der Waals surface area contributed by atoms with Crippen LogP contribution in [0.1, 0.15) is 69.8 Å². The molecule has 5 aromatic heterocycles. The van der Waals surface area contributed by atoms with E-state index in [4.69, 9.17) is 31.0 Å². The van der Waals surface area contributed by atoms with Crippen molar-refractivity contribution in [3.63, 3.8) is 0 Å². The van der Waals surface area contributed by atoms with Crippen molar-refractivity contribution >= 4 is 56.9 Å². The number of tetrazole rings is 2. The summed E-state index contributed by atoms with van der Waals surface area (Å²) in [5, 5.41) is 33.6. The van der Waals surface area contributed by atoms with Gasteiger partial charge in [-0.25, -0.2) is 23.1 Å². The van der Waals surface area contributed by atoms with Crippen molar-refractivity contribution in [2.24, 2.45) is 11.8 Å². The average Bonchev–Trinajstić information content (AvgIpc) is 1.21. The Kier molecular flexibility index (Phi) is 14.6. The summed E-state index contributed by atoms with van der Waals surface area (Å²) in [4.78, 5) is 50.7. The summed E-state index contributed by atoms with van der Waals surface area (Å²) in [6.45, 7) is 0. The van der Waals surface area contributed by atoms with E-state index in [1.165, 1.54) is 49.1 Å². The molecular formula is C58H50ClF6N15O4. The zero-order valence-electron chi connectivity index (χ0n) is 44.8. The van der Waals surface area contributed by atoms with Gasteiger partial charge in [-0.15, -0.1) is 20.4 Å². The Morgan fingerprint density at radius 1 is 0.583 bits per heavy atom. The number of nitrogens with one attached hydrogen (secondary N) is 4. The molecule has 2 unspecified atom stereocenters. The van der Waals surface area contributed by atoms with Crippen LogP contribution in [-0.4, -0.2) is 91.4 Å². The SMILES string of the molecule is COc1ccc(-c2nc3cc(F)c(F)cc3n2C(C(=O)Nc2ccc(-c3nn[nH]n3)cc2F)(C2CCCCC2)C(C(=O)Nc2ccc(-c3nn[nH]n3)cc2C(F)(F)F)(C2CCCCC2)n2c(-c3ccc(Cl)cc3)nc3ccccc32)c(OC)n1. The number of para-hydroxylation sites is 2. The van der Waals surface area contributed by atoms with Gasteiger partial charge < -0.3 is 29.2 Å². The number of pyridine rings is 1. The van der Waals surface area contributed by atoms with Crippen molar-refractivity contribution in [1.82, 2.24) is 65.3 Å². The van der Waals surface area contributed by atoms with E-state index in [1.54, 1.807) is 53.1 Å². The third-order valence-electron chi connectivity index (χ3n) is 16.2. The number of carbonyl (C=O) groups is 2. The largest absolute Gasteiger partial charge is 0.481 e. The first-order chi connectivity index (χ1) is 40.6. The number of hydrogen-bond donors (Lipinski definition) is 4. The molecular weight excluding hydrogens is 1120 g/mol. The molecule has 26 heteroatoms. The molecule has 5 heterocycles. The van der Waals surface area contributed by atoms with Crippen molar-refractivity contribution in [1.29, 1.82) is 0 Å². The van der Waals surface area contributed by atoms with Gasteiger partial charge >= 0.3 is 6.18 Å². The number of rotatable bonds is 15. The summed E-state index contributed by atoms with van der Waals surface area (Å²) < 4.78 is 113. The second-order valence-electron chi connectivity index (χ2n) is 20.7. The molecule has 4 N–H and O–H groups in total. The van der Waals surface area contributed by atoms with Crippen LogP contribution in [0.2, 0.25) is 5.02 Å². The van der Waals surface area contributed by atoms with E-state index in [0.29, 0.717) is 54.6 Å². The highest BCUT2D eigenvalue weighted by atomic mass is 35.5. The molecule has 2 amide bonds. The van der Waals surface area contributed by atoms with Crippen molar-refractivity contribution in [3.8, 4) is 57.3 Å². The normalized spacial score (nSPS) is 15.9. The number of alkyl halides is 3. The number of fused-ring (bicyclic) bond motifs is 2. The van der Waals surface area contributed by atoms with Crippen LogP contribution in [0.15, 0.2) is 109 Å². The molecule has 0 bridgehead atoms. The fourth-order valence-corrected chi connectivity index (χ4v) is 12.9. The van der Waals surface area contributed by atoms with Gasteiger partial charge in [-0.05, 0) is 127 Å². The molecule has 2 fully saturated rings. The van der Waals surface area contributed by atoms with Crippen LogP contribution >= 0.6 is 11.6 Å². The monoisotopic (exact) mass is 1170 g/mol. The molecule has 2 aliphatic rings. The van der Waals surface area contributed by atoms with Gasteiger partial charge in [0.1, 0.15) is 17.5 Å². The summed E-state index contributed by atoms with van der Waals surface area (Å²) in [7, 11) is 2.69. The zero-order chi connectivity index (χ0) is 58.5. The Bertz CT molecular complexity index is 4090.